The first-order valence-corrected chi connectivity index (χ1v) is 10.8. The van der Waals surface area contributed by atoms with Gasteiger partial charge in [0.2, 0.25) is 10.0 Å². The minimum atomic E-state index is -3.55. The molecule has 152 valence electrons. The zero-order valence-corrected chi connectivity index (χ0v) is 17.8. The molecule has 1 N–H and O–H groups in total. The molecule has 2 rings (SSSR count). The molecule has 1 unspecified atom stereocenters. The lowest BCUT2D eigenvalue weighted by Crippen LogP contribution is -2.31. The van der Waals surface area contributed by atoms with Gasteiger partial charge in [0.05, 0.1) is 4.90 Å². The Hall–Kier alpha value is -1.93. The Labute approximate surface area is 171 Å². The van der Waals surface area contributed by atoms with Crippen molar-refractivity contribution in [3.8, 4) is 0 Å². The van der Waals surface area contributed by atoms with Gasteiger partial charge in [0.1, 0.15) is 6.10 Å². The molecule has 2 aromatic carbocycles. The van der Waals surface area contributed by atoms with Crippen molar-refractivity contribution in [2.24, 2.45) is 0 Å². The second-order valence-corrected chi connectivity index (χ2v) is 8.41. The molecule has 8 heteroatoms. The molecule has 1 amide bonds. The van der Waals surface area contributed by atoms with Crippen LogP contribution in [0.4, 0.5) is 0 Å². The molecule has 2 aromatic rings. The van der Waals surface area contributed by atoms with E-state index in [1.54, 1.807) is 27.0 Å². The van der Waals surface area contributed by atoms with Gasteiger partial charge in [-0.3, -0.25) is 4.79 Å². The molecule has 0 aliphatic rings. The number of halogens is 1. The fourth-order valence-corrected chi connectivity index (χ4v) is 4.55. The SMILES string of the molecule is CCN(CC)S(=O)(=O)c1ccc(C(=O)NCC(OC)c2ccccc2Cl)cc1. The molecular weight excluding hydrogens is 400 g/mol. The number of rotatable bonds is 9. The maximum absolute atomic E-state index is 12.5. The Morgan fingerprint density at radius 3 is 2.25 bits per heavy atom. The standard InChI is InChI=1S/C20H25ClN2O4S/c1-4-23(5-2)28(25,26)16-12-10-15(11-13-16)20(24)22-14-19(27-3)17-8-6-7-9-18(17)21/h6-13,19H,4-5,14H2,1-3H3,(H,22,24). The van der Waals surface area contributed by atoms with Crippen LogP contribution < -0.4 is 5.32 Å². The average Bonchev–Trinajstić information content (AvgIpc) is 2.70. The summed E-state index contributed by atoms with van der Waals surface area (Å²) in [6.45, 7) is 4.59. The quantitative estimate of drug-likeness (QED) is 0.668. The van der Waals surface area contributed by atoms with Crippen molar-refractivity contribution in [3.63, 3.8) is 0 Å². The van der Waals surface area contributed by atoms with Gasteiger partial charge in [0.15, 0.2) is 0 Å². The van der Waals surface area contributed by atoms with Crippen LogP contribution in [-0.4, -0.2) is 45.4 Å². The lowest BCUT2D eigenvalue weighted by Gasteiger charge is -2.19. The van der Waals surface area contributed by atoms with Crippen LogP contribution in [0, 0.1) is 0 Å². The monoisotopic (exact) mass is 424 g/mol. The number of nitrogens with zero attached hydrogens (tertiary/aromatic N) is 1. The van der Waals surface area contributed by atoms with E-state index in [2.05, 4.69) is 5.32 Å². The van der Waals surface area contributed by atoms with Crippen molar-refractivity contribution in [2.75, 3.05) is 26.7 Å². The van der Waals surface area contributed by atoms with Crippen LogP contribution >= 0.6 is 11.6 Å². The fraction of sp³-hybridized carbons (Fsp3) is 0.350. The molecular formula is C20H25ClN2O4S. The number of benzene rings is 2. The summed E-state index contributed by atoms with van der Waals surface area (Å²) in [6.07, 6.45) is -0.389. The van der Waals surface area contributed by atoms with Gasteiger partial charge in [-0.15, -0.1) is 0 Å². The molecule has 0 bridgehead atoms. The number of carbonyl (C=O) groups is 1. The van der Waals surface area contributed by atoms with Crippen LogP contribution in [0.2, 0.25) is 5.02 Å². The molecule has 0 fully saturated rings. The van der Waals surface area contributed by atoms with Crippen molar-refractivity contribution in [3.05, 3.63) is 64.7 Å². The molecule has 6 nitrogen and oxygen atoms in total. The molecule has 0 radical (unpaired) electrons. The number of methoxy groups -OCH3 is 1. The normalized spacial score (nSPS) is 12.8. The number of hydrogen-bond donors (Lipinski definition) is 1. The number of sulfonamides is 1. The average molecular weight is 425 g/mol. The second-order valence-electron chi connectivity index (χ2n) is 6.07. The summed E-state index contributed by atoms with van der Waals surface area (Å²) in [7, 11) is -2.00. The Morgan fingerprint density at radius 2 is 1.71 bits per heavy atom. The van der Waals surface area contributed by atoms with Gasteiger partial charge in [-0.2, -0.15) is 4.31 Å². The second kappa shape index (κ2) is 10.0. The lowest BCUT2D eigenvalue weighted by atomic mass is 10.1. The third-order valence-corrected chi connectivity index (χ3v) is 6.85. The van der Waals surface area contributed by atoms with Gasteiger partial charge < -0.3 is 10.1 Å². The summed E-state index contributed by atoms with van der Waals surface area (Å²) in [5, 5.41) is 3.36. The lowest BCUT2D eigenvalue weighted by molar-refractivity contribution is 0.0828. The summed E-state index contributed by atoms with van der Waals surface area (Å²) in [4.78, 5) is 12.6. The smallest absolute Gasteiger partial charge is 0.251 e. The summed E-state index contributed by atoms with van der Waals surface area (Å²) < 4.78 is 31.8. The largest absolute Gasteiger partial charge is 0.375 e. The van der Waals surface area contributed by atoms with E-state index < -0.39 is 10.0 Å². The number of ether oxygens (including phenoxy) is 1. The minimum absolute atomic E-state index is 0.165. The van der Waals surface area contributed by atoms with Crippen LogP contribution in [0.5, 0.6) is 0 Å². The maximum atomic E-state index is 12.5. The first-order valence-electron chi connectivity index (χ1n) is 9.00. The van der Waals surface area contributed by atoms with Gasteiger partial charge in [-0.25, -0.2) is 8.42 Å². The van der Waals surface area contributed by atoms with Crippen molar-refractivity contribution in [1.29, 1.82) is 0 Å². The first kappa shape index (κ1) is 22.4. The molecule has 0 aromatic heterocycles. The molecule has 0 saturated heterocycles. The number of amides is 1. The highest BCUT2D eigenvalue weighted by atomic mass is 35.5. The first-order chi connectivity index (χ1) is 13.3. The summed E-state index contributed by atoms with van der Waals surface area (Å²) >= 11 is 6.19. The summed E-state index contributed by atoms with van der Waals surface area (Å²) in [6, 6.07) is 13.2. The molecule has 0 aliphatic carbocycles. The predicted molar refractivity (Wildman–Crippen MR) is 110 cm³/mol. The summed E-state index contributed by atoms with van der Waals surface area (Å²) in [5.74, 6) is -0.319. The Kier molecular flexibility index (Phi) is 8.00. The van der Waals surface area contributed by atoms with E-state index in [4.69, 9.17) is 16.3 Å². The third-order valence-electron chi connectivity index (χ3n) is 4.44. The van der Waals surface area contributed by atoms with Crippen LogP contribution in [0.3, 0.4) is 0 Å². The highest BCUT2D eigenvalue weighted by Crippen LogP contribution is 2.24. The van der Waals surface area contributed by atoms with Gasteiger partial charge >= 0.3 is 0 Å². The highest BCUT2D eigenvalue weighted by Gasteiger charge is 2.22. The molecule has 1 atom stereocenters. The van der Waals surface area contributed by atoms with Gasteiger partial charge in [-0.1, -0.05) is 43.6 Å². The highest BCUT2D eigenvalue weighted by molar-refractivity contribution is 7.89. The van der Waals surface area contributed by atoms with Crippen LogP contribution in [-0.2, 0) is 14.8 Å². The Balaban J connectivity index is 2.08. The number of hydrogen-bond acceptors (Lipinski definition) is 4. The topological polar surface area (TPSA) is 75.7 Å². The van der Waals surface area contributed by atoms with Crippen molar-refractivity contribution >= 4 is 27.5 Å². The van der Waals surface area contributed by atoms with E-state index in [1.165, 1.54) is 28.6 Å². The summed E-state index contributed by atoms with van der Waals surface area (Å²) in [5.41, 5.74) is 1.15. The number of nitrogens with one attached hydrogen (secondary N) is 1. The van der Waals surface area contributed by atoms with E-state index in [-0.39, 0.29) is 23.5 Å². The van der Waals surface area contributed by atoms with E-state index in [1.807, 2.05) is 18.2 Å². The zero-order valence-electron chi connectivity index (χ0n) is 16.2. The Bertz CT molecular complexity index is 897. The van der Waals surface area contributed by atoms with Crippen LogP contribution in [0.1, 0.15) is 35.9 Å². The molecule has 0 spiro atoms. The van der Waals surface area contributed by atoms with Crippen LogP contribution in [0.15, 0.2) is 53.4 Å². The van der Waals surface area contributed by atoms with Gasteiger partial charge in [0.25, 0.3) is 5.91 Å². The van der Waals surface area contributed by atoms with E-state index in [9.17, 15) is 13.2 Å². The van der Waals surface area contributed by atoms with Gasteiger partial charge in [0, 0.05) is 42.9 Å². The molecule has 0 heterocycles. The fourth-order valence-electron chi connectivity index (χ4n) is 2.83. The maximum Gasteiger partial charge on any atom is 0.251 e. The van der Waals surface area contributed by atoms with E-state index in [0.29, 0.717) is 23.7 Å². The molecule has 28 heavy (non-hydrogen) atoms. The van der Waals surface area contributed by atoms with Crippen molar-refractivity contribution < 1.29 is 17.9 Å². The van der Waals surface area contributed by atoms with Gasteiger partial charge in [-0.05, 0) is 30.3 Å². The van der Waals surface area contributed by atoms with Crippen molar-refractivity contribution in [2.45, 2.75) is 24.8 Å². The van der Waals surface area contributed by atoms with E-state index in [0.717, 1.165) is 5.56 Å². The third kappa shape index (κ3) is 5.11. The molecule has 0 aliphatic heterocycles. The molecule has 0 saturated carbocycles. The van der Waals surface area contributed by atoms with E-state index >= 15 is 0 Å². The minimum Gasteiger partial charge on any atom is -0.375 e. The predicted octanol–water partition coefficient (Wildman–Crippen LogP) is 3.49. The number of carbonyl (C=O) groups excluding carboxylic acids is 1. The van der Waals surface area contributed by atoms with Crippen LogP contribution in [0.25, 0.3) is 0 Å². The Morgan fingerprint density at radius 1 is 1.11 bits per heavy atom. The van der Waals surface area contributed by atoms with Crippen molar-refractivity contribution in [1.82, 2.24) is 9.62 Å². The zero-order chi connectivity index (χ0) is 20.7.